The lowest BCUT2D eigenvalue weighted by molar-refractivity contribution is 0.372. The van der Waals surface area contributed by atoms with Crippen LogP contribution >= 0.6 is 11.6 Å². The molecule has 78 valence electrons. The van der Waals surface area contributed by atoms with Crippen molar-refractivity contribution < 1.29 is 9.84 Å². The molecule has 0 atom stereocenters. The van der Waals surface area contributed by atoms with Gasteiger partial charge in [-0.2, -0.15) is 0 Å². The van der Waals surface area contributed by atoms with Crippen LogP contribution in [0.15, 0.2) is 12.1 Å². The topological polar surface area (TPSA) is 29.5 Å². The van der Waals surface area contributed by atoms with E-state index in [1.165, 1.54) is 7.11 Å². The van der Waals surface area contributed by atoms with Crippen molar-refractivity contribution in [2.45, 2.75) is 26.2 Å². The van der Waals surface area contributed by atoms with Gasteiger partial charge in [0.2, 0.25) is 0 Å². The van der Waals surface area contributed by atoms with Crippen molar-refractivity contribution in [3.05, 3.63) is 22.7 Å². The highest BCUT2D eigenvalue weighted by molar-refractivity contribution is 6.33. The van der Waals surface area contributed by atoms with Crippen molar-refractivity contribution in [3.8, 4) is 11.5 Å². The lowest BCUT2D eigenvalue weighted by Gasteiger charge is -2.21. The molecular weight excluding hydrogens is 200 g/mol. The van der Waals surface area contributed by atoms with Crippen molar-refractivity contribution in [2.75, 3.05) is 7.11 Å². The summed E-state index contributed by atoms with van der Waals surface area (Å²) in [7, 11) is 1.50. The minimum atomic E-state index is -0.0825. The maximum atomic E-state index is 9.68. The average Bonchev–Trinajstić information content (AvgIpc) is 2.07. The Morgan fingerprint density at radius 3 is 2.29 bits per heavy atom. The van der Waals surface area contributed by atoms with Crippen molar-refractivity contribution in [1.82, 2.24) is 0 Å². The maximum Gasteiger partial charge on any atom is 0.177 e. The van der Waals surface area contributed by atoms with Gasteiger partial charge >= 0.3 is 0 Å². The van der Waals surface area contributed by atoms with Gasteiger partial charge in [-0.1, -0.05) is 38.4 Å². The van der Waals surface area contributed by atoms with Gasteiger partial charge in [0.25, 0.3) is 0 Å². The Morgan fingerprint density at radius 2 is 1.86 bits per heavy atom. The zero-order chi connectivity index (χ0) is 10.9. The molecule has 0 fully saturated rings. The maximum absolute atomic E-state index is 9.68. The minimum absolute atomic E-state index is 0.0154. The Hall–Kier alpha value is -0.890. The summed E-state index contributed by atoms with van der Waals surface area (Å²) in [5, 5.41) is 10.1. The van der Waals surface area contributed by atoms with E-state index >= 15 is 0 Å². The number of halogens is 1. The van der Waals surface area contributed by atoms with Gasteiger partial charge < -0.3 is 9.84 Å². The van der Waals surface area contributed by atoms with Gasteiger partial charge in [0, 0.05) is 0 Å². The Balaban J connectivity index is 3.31. The van der Waals surface area contributed by atoms with E-state index in [1.807, 2.05) is 26.8 Å². The predicted octanol–water partition coefficient (Wildman–Crippen LogP) is 3.35. The molecule has 14 heavy (non-hydrogen) atoms. The summed E-state index contributed by atoms with van der Waals surface area (Å²) in [6.07, 6.45) is 0. The monoisotopic (exact) mass is 214 g/mol. The zero-order valence-electron chi connectivity index (χ0n) is 8.89. The Labute approximate surface area is 89.5 Å². The molecule has 0 spiro atoms. The van der Waals surface area contributed by atoms with E-state index in [-0.39, 0.29) is 11.2 Å². The van der Waals surface area contributed by atoms with E-state index in [0.717, 1.165) is 5.56 Å². The summed E-state index contributed by atoms with van der Waals surface area (Å²) in [4.78, 5) is 0. The van der Waals surface area contributed by atoms with Crippen molar-refractivity contribution in [1.29, 1.82) is 0 Å². The first-order chi connectivity index (χ1) is 6.38. The molecule has 1 aromatic rings. The number of hydrogen-bond donors (Lipinski definition) is 1. The highest BCUT2D eigenvalue weighted by Gasteiger charge is 2.21. The third-order valence-corrected chi connectivity index (χ3v) is 2.49. The normalized spacial score (nSPS) is 11.5. The highest BCUT2D eigenvalue weighted by Crippen LogP contribution is 2.40. The molecular formula is C11H15ClO2. The molecule has 0 aliphatic carbocycles. The average molecular weight is 215 g/mol. The van der Waals surface area contributed by atoms with Gasteiger partial charge in [0.15, 0.2) is 11.5 Å². The van der Waals surface area contributed by atoms with Crippen molar-refractivity contribution >= 4 is 11.6 Å². The number of benzene rings is 1. The molecule has 0 unspecified atom stereocenters. The van der Waals surface area contributed by atoms with E-state index in [4.69, 9.17) is 16.3 Å². The second-order valence-electron chi connectivity index (χ2n) is 4.23. The van der Waals surface area contributed by atoms with Crippen molar-refractivity contribution in [3.63, 3.8) is 0 Å². The zero-order valence-corrected chi connectivity index (χ0v) is 9.64. The van der Waals surface area contributed by atoms with Crippen LogP contribution in [0.2, 0.25) is 5.02 Å². The first-order valence-electron chi connectivity index (χ1n) is 4.44. The van der Waals surface area contributed by atoms with Crippen LogP contribution < -0.4 is 4.74 Å². The Morgan fingerprint density at radius 1 is 1.29 bits per heavy atom. The number of rotatable bonds is 1. The number of hydrogen-bond acceptors (Lipinski definition) is 2. The smallest absolute Gasteiger partial charge is 0.177 e. The second-order valence-corrected chi connectivity index (χ2v) is 4.61. The lowest BCUT2D eigenvalue weighted by Crippen LogP contribution is -2.11. The largest absolute Gasteiger partial charge is 0.503 e. The van der Waals surface area contributed by atoms with Crippen LogP contribution in [0.5, 0.6) is 11.5 Å². The summed E-state index contributed by atoms with van der Waals surface area (Å²) in [5.41, 5.74) is 0.832. The molecule has 0 aliphatic heterocycles. The summed E-state index contributed by atoms with van der Waals surface area (Å²) < 4.78 is 4.96. The van der Waals surface area contributed by atoms with E-state index in [0.29, 0.717) is 10.8 Å². The number of methoxy groups -OCH3 is 1. The Bertz CT molecular complexity index is 340. The Kier molecular flexibility index (Phi) is 2.95. The molecule has 0 radical (unpaired) electrons. The van der Waals surface area contributed by atoms with Crippen LogP contribution in [0, 0.1) is 0 Å². The molecule has 0 amide bonds. The van der Waals surface area contributed by atoms with Crippen LogP contribution in [0.25, 0.3) is 0 Å². The summed E-state index contributed by atoms with van der Waals surface area (Å²) >= 11 is 6.03. The fourth-order valence-electron chi connectivity index (χ4n) is 1.29. The van der Waals surface area contributed by atoms with E-state index in [2.05, 4.69) is 0 Å². The number of phenolic OH excluding ortho intramolecular Hbond substituents is 1. The summed E-state index contributed by atoms with van der Waals surface area (Å²) in [5.74, 6) is 0.421. The molecule has 3 heteroatoms. The SMILES string of the molecule is COc1ccc(C(C)(C)C)c(Cl)c1O. The van der Waals surface area contributed by atoms with Gasteiger partial charge in [-0.05, 0) is 17.0 Å². The number of phenols is 1. The van der Waals surface area contributed by atoms with Crippen molar-refractivity contribution in [2.24, 2.45) is 0 Å². The van der Waals surface area contributed by atoms with Gasteiger partial charge in [0.1, 0.15) is 0 Å². The van der Waals surface area contributed by atoms with Gasteiger partial charge in [0.05, 0.1) is 12.1 Å². The fourth-order valence-corrected chi connectivity index (χ4v) is 1.73. The first-order valence-corrected chi connectivity index (χ1v) is 4.81. The highest BCUT2D eigenvalue weighted by atomic mass is 35.5. The number of aromatic hydroxyl groups is 1. The predicted molar refractivity (Wildman–Crippen MR) is 58.4 cm³/mol. The van der Waals surface area contributed by atoms with E-state index < -0.39 is 0 Å². The van der Waals surface area contributed by atoms with E-state index in [1.54, 1.807) is 6.07 Å². The van der Waals surface area contributed by atoms with Crippen LogP contribution in [0.1, 0.15) is 26.3 Å². The molecule has 0 aromatic heterocycles. The molecule has 1 rings (SSSR count). The minimum Gasteiger partial charge on any atom is -0.503 e. The summed E-state index contributed by atoms with van der Waals surface area (Å²) in [6.45, 7) is 6.13. The van der Waals surface area contributed by atoms with E-state index in [9.17, 15) is 5.11 Å². The molecule has 0 bridgehead atoms. The number of ether oxygens (including phenoxy) is 1. The van der Waals surface area contributed by atoms with Gasteiger partial charge in [-0.25, -0.2) is 0 Å². The third kappa shape index (κ3) is 1.95. The molecule has 0 saturated heterocycles. The first kappa shape index (κ1) is 11.2. The van der Waals surface area contributed by atoms with Crippen LogP contribution in [0.4, 0.5) is 0 Å². The third-order valence-electron chi connectivity index (χ3n) is 2.11. The standard InChI is InChI=1S/C11H15ClO2/c1-11(2,3)7-5-6-8(14-4)10(13)9(7)12/h5-6,13H,1-4H3. The quantitative estimate of drug-likeness (QED) is 0.777. The van der Waals surface area contributed by atoms with Gasteiger partial charge in [-0.15, -0.1) is 0 Å². The molecule has 0 heterocycles. The van der Waals surface area contributed by atoms with Crippen LogP contribution in [0.3, 0.4) is 0 Å². The molecule has 0 saturated carbocycles. The van der Waals surface area contributed by atoms with Crippen LogP contribution in [-0.4, -0.2) is 12.2 Å². The lowest BCUT2D eigenvalue weighted by atomic mass is 9.87. The molecule has 0 aliphatic rings. The second kappa shape index (κ2) is 3.70. The summed E-state index contributed by atoms with van der Waals surface area (Å²) in [6, 6.07) is 3.60. The molecule has 1 N–H and O–H groups in total. The molecule has 2 nitrogen and oxygen atoms in total. The molecule has 1 aromatic carbocycles. The fraction of sp³-hybridized carbons (Fsp3) is 0.455. The van der Waals surface area contributed by atoms with Crippen LogP contribution in [-0.2, 0) is 5.41 Å². The van der Waals surface area contributed by atoms with Gasteiger partial charge in [-0.3, -0.25) is 0 Å².